The second-order valence-electron chi connectivity index (χ2n) is 8.37. The maximum atomic E-state index is 12.5. The zero-order chi connectivity index (χ0) is 24.4. The molecule has 0 aromatic heterocycles. The van der Waals surface area contributed by atoms with Crippen molar-refractivity contribution in [1.29, 1.82) is 0 Å². The van der Waals surface area contributed by atoms with Gasteiger partial charge < -0.3 is 10.1 Å². The predicted molar refractivity (Wildman–Crippen MR) is 149 cm³/mol. The Hall–Kier alpha value is -3.35. The second-order valence-corrected chi connectivity index (χ2v) is 10.2. The third-order valence-electron chi connectivity index (χ3n) is 5.75. The lowest BCUT2D eigenvalue weighted by Crippen LogP contribution is -2.19. The van der Waals surface area contributed by atoms with E-state index in [0.717, 1.165) is 38.2 Å². The monoisotopic (exact) mass is 542 g/mol. The van der Waals surface area contributed by atoms with E-state index in [9.17, 15) is 4.79 Å². The van der Waals surface area contributed by atoms with E-state index < -0.39 is 0 Å². The maximum absolute atomic E-state index is 12.5. The number of nitrogens with one attached hydrogen (secondary N) is 1. The van der Waals surface area contributed by atoms with Gasteiger partial charge in [-0.15, -0.1) is 0 Å². The first-order chi connectivity index (χ1) is 17.0. The molecule has 0 aliphatic carbocycles. The standard InChI is InChI=1S/C29H23BrN2O2S/c1-18-14-23(15-19(2)27(18)30)31-29-32-28(33)26(35-29)16-20-10-12-24(13-11-20)34-17-22-8-5-7-21-6-3-4-9-25(21)22/h3-16H,17H2,1-2H3,(H,31,32,33)/b26-16-. The predicted octanol–water partition coefficient (Wildman–Crippen LogP) is 7.69. The molecule has 1 heterocycles. The molecule has 5 rings (SSSR count). The molecule has 0 bridgehead atoms. The molecule has 0 atom stereocenters. The minimum atomic E-state index is -0.143. The molecule has 1 aliphatic heterocycles. The maximum Gasteiger partial charge on any atom is 0.264 e. The van der Waals surface area contributed by atoms with Gasteiger partial charge in [-0.1, -0.05) is 70.5 Å². The molecule has 0 saturated carbocycles. The van der Waals surface area contributed by atoms with Crippen molar-refractivity contribution in [3.63, 3.8) is 0 Å². The lowest BCUT2D eigenvalue weighted by molar-refractivity contribution is -0.115. The number of carbonyl (C=O) groups is 1. The van der Waals surface area contributed by atoms with Crippen LogP contribution in [0.3, 0.4) is 0 Å². The SMILES string of the molecule is Cc1cc(N=C2NC(=O)/C(=C/c3ccc(OCc4cccc5ccccc45)cc3)S2)cc(C)c1Br. The number of hydrogen-bond acceptors (Lipinski definition) is 4. The highest BCUT2D eigenvalue weighted by atomic mass is 79.9. The summed E-state index contributed by atoms with van der Waals surface area (Å²) in [5.41, 5.74) is 5.11. The highest BCUT2D eigenvalue weighted by Crippen LogP contribution is 2.31. The van der Waals surface area contributed by atoms with E-state index in [0.29, 0.717) is 16.7 Å². The summed E-state index contributed by atoms with van der Waals surface area (Å²) in [4.78, 5) is 17.7. The highest BCUT2D eigenvalue weighted by Gasteiger charge is 2.24. The number of ether oxygens (including phenoxy) is 1. The van der Waals surface area contributed by atoms with E-state index in [4.69, 9.17) is 4.74 Å². The lowest BCUT2D eigenvalue weighted by Gasteiger charge is -2.09. The van der Waals surface area contributed by atoms with Gasteiger partial charge in [-0.2, -0.15) is 0 Å². The van der Waals surface area contributed by atoms with Crippen LogP contribution in [0.2, 0.25) is 0 Å². The number of nitrogens with zero attached hydrogens (tertiary/aromatic N) is 1. The number of fused-ring (bicyclic) bond motifs is 1. The molecule has 1 N–H and O–H groups in total. The summed E-state index contributed by atoms with van der Waals surface area (Å²) < 4.78 is 7.11. The summed E-state index contributed by atoms with van der Waals surface area (Å²) >= 11 is 4.92. The topological polar surface area (TPSA) is 50.7 Å². The van der Waals surface area contributed by atoms with E-state index in [1.165, 1.54) is 22.5 Å². The average molecular weight is 543 g/mol. The molecule has 35 heavy (non-hydrogen) atoms. The summed E-state index contributed by atoms with van der Waals surface area (Å²) in [5, 5.41) is 5.85. The molecule has 0 unspecified atom stereocenters. The van der Waals surface area contributed by atoms with E-state index in [1.54, 1.807) is 0 Å². The van der Waals surface area contributed by atoms with Gasteiger partial charge in [0.2, 0.25) is 0 Å². The molecule has 1 amide bonds. The molecule has 174 valence electrons. The summed E-state index contributed by atoms with van der Waals surface area (Å²) in [6.07, 6.45) is 1.87. The zero-order valence-electron chi connectivity index (χ0n) is 19.3. The zero-order valence-corrected chi connectivity index (χ0v) is 21.7. The van der Waals surface area contributed by atoms with Gasteiger partial charge in [0.15, 0.2) is 5.17 Å². The van der Waals surface area contributed by atoms with Crippen LogP contribution in [0.4, 0.5) is 5.69 Å². The molecular weight excluding hydrogens is 520 g/mol. The fourth-order valence-corrected chi connectivity index (χ4v) is 5.05. The first kappa shape index (κ1) is 23.4. The van der Waals surface area contributed by atoms with Crippen molar-refractivity contribution < 1.29 is 9.53 Å². The van der Waals surface area contributed by atoms with Crippen LogP contribution < -0.4 is 10.1 Å². The first-order valence-electron chi connectivity index (χ1n) is 11.2. The molecule has 4 aromatic rings. The number of aryl methyl sites for hydroxylation is 2. The van der Waals surface area contributed by atoms with Crippen LogP contribution >= 0.6 is 27.7 Å². The van der Waals surface area contributed by atoms with Gasteiger partial charge in [-0.05, 0) is 89.0 Å². The van der Waals surface area contributed by atoms with Gasteiger partial charge in [0.05, 0.1) is 10.6 Å². The quantitative estimate of drug-likeness (QED) is 0.263. The Balaban J connectivity index is 1.27. The number of amidine groups is 1. The molecular formula is C29H23BrN2O2S. The number of aliphatic imine (C=N–C) groups is 1. The van der Waals surface area contributed by atoms with Crippen LogP contribution in [0.25, 0.3) is 16.8 Å². The van der Waals surface area contributed by atoms with Crippen molar-refractivity contribution in [2.24, 2.45) is 4.99 Å². The molecule has 1 aliphatic rings. The number of thioether (sulfide) groups is 1. The minimum absolute atomic E-state index is 0.143. The van der Waals surface area contributed by atoms with Crippen LogP contribution in [0.5, 0.6) is 5.75 Å². The van der Waals surface area contributed by atoms with Crippen LogP contribution in [0.1, 0.15) is 22.3 Å². The second kappa shape index (κ2) is 10.1. The number of halogens is 1. The third kappa shape index (κ3) is 5.34. The molecule has 4 aromatic carbocycles. The Morgan fingerprint density at radius 3 is 2.46 bits per heavy atom. The molecule has 0 radical (unpaired) electrons. The van der Waals surface area contributed by atoms with Crippen molar-refractivity contribution in [3.8, 4) is 5.75 Å². The van der Waals surface area contributed by atoms with Crippen LogP contribution in [0.15, 0.2) is 93.2 Å². The number of hydrogen-bond donors (Lipinski definition) is 1. The fraction of sp³-hybridized carbons (Fsp3) is 0.103. The van der Waals surface area contributed by atoms with E-state index in [1.807, 2.05) is 68.5 Å². The normalized spacial score (nSPS) is 15.7. The van der Waals surface area contributed by atoms with Gasteiger partial charge >= 0.3 is 0 Å². The first-order valence-corrected chi connectivity index (χ1v) is 12.8. The van der Waals surface area contributed by atoms with Crippen molar-refractivity contribution in [3.05, 3.63) is 110 Å². The number of rotatable bonds is 5. The van der Waals surface area contributed by atoms with Gasteiger partial charge in [-0.25, -0.2) is 4.99 Å². The average Bonchev–Trinajstić information content (AvgIpc) is 3.20. The van der Waals surface area contributed by atoms with Crippen molar-refractivity contribution in [2.75, 3.05) is 0 Å². The highest BCUT2D eigenvalue weighted by molar-refractivity contribution is 9.10. The smallest absolute Gasteiger partial charge is 0.264 e. The summed E-state index contributed by atoms with van der Waals surface area (Å²) in [6.45, 7) is 4.55. The third-order valence-corrected chi connectivity index (χ3v) is 7.92. The summed E-state index contributed by atoms with van der Waals surface area (Å²) in [6, 6.07) is 26.3. The minimum Gasteiger partial charge on any atom is -0.489 e. The van der Waals surface area contributed by atoms with Crippen LogP contribution in [-0.2, 0) is 11.4 Å². The number of amides is 1. The molecule has 4 nitrogen and oxygen atoms in total. The van der Waals surface area contributed by atoms with Crippen molar-refractivity contribution >= 4 is 61.3 Å². The number of benzene rings is 4. The Bertz CT molecular complexity index is 1460. The van der Waals surface area contributed by atoms with E-state index in [2.05, 4.69) is 56.6 Å². The van der Waals surface area contributed by atoms with Gasteiger partial charge in [0.1, 0.15) is 12.4 Å². The largest absolute Gasteiger partial charge is 0.489 e. The van der Waals surface area contributed by atoms with Gasteiger partial charge in [-0.3, -0.25) is 4.79 Å². The van der Waals surface area contributed by atoms with Crippen LogP contribution in [0, 0.1) is 13.8 Å². The van der Waals surface area contributed by atoms with Gasteiger partial charge in [0, 0.05) is 4.47 Å². The van der Waals surface area contributed by atoms with Crippen LogP contribution in [-0.4, -0.2) is 11.1 Å². The molecule has 1 fully saturated rings. The van der Waals surface area contributed by atoms with Crippen molar-refractivity contribution in [1.82, 2.24) is 5.32 Å². The lowest BCUT2D eigenvalue weighted by atomic mass is 10.1. The van der Waals surface area contributed by atoms with E-state index in [-0.39, 0.29) is 5.91 Å². The van der Waals surface area contributed by atoms with Crippen molar-refractivity contribution in [2.45, 2.75) is 20.5 Å². The Labute approximate surface area is 217 Å². The Kier molecular flexibility index (Phi) is 6.75. The number of carbonyl (C=O) groups excluding carboxylic acids is 1. The van der Waals surface area contributed by atoms with Gasteiger partial charge in [0.25, 0.3) is 5.91 Å². The molecule has 0 spiro atoms. The Morgan fingerprint density at radius 1 is 0.971 bits per heavy atom. The summed E-state index contributed by atoms with van der Waals surface area (Å²) in [5.74, 6) is 0.641. The fourth-order valence-electron chi connectivity index (χ4n) is 3.98. The molecule has 1 saturated heterocycles. The Morgan fingerprint density at radius 2 is 1.69 bits per heavy atom. The van der Waals surface area contributed by atoms with E-state index >= 15 is 0 Å². The molecule has 6 heteroatoms. The summed E-state index contributed by atoms with van der Waals surface area (Å²) in [7, 11) is 0.